The Morgan fingerprint density at radius 3 is 2.86 bits per heavy atom. The molecule has 0 amide bonds. The summed E-state index contributed by atoms with van der Waals surface area (Å²) in [5.74, 6) is -0.204. The third-order valence-corrected chi connectivity index (χ3v) is 3.72. The van der Waals surface area contributed by atoms with Crippen LogP contribution >= 0.6 is 0 Å². The number of nitrogens with zero attached hydrogens (tertiary/aromatic N) is 1. The van der Waals surface area contributed by atoms with Crippen LogP contribution in [0.25, 0.3) is 22.4 Å². The third-order valence-electron chi connectivity index (χ3n) is 3.72. The molecule has 5 heteroatoms. The maximum atomic E-state index is 11.0. The average Bonchev–Trinajstić information content (AvgIpc) is 3.11. The second-order valence-corrected chi connectivity index (χ2v) is 5.10. The molecule has 0 atom stereocenters. The molecule has 0 bridgehead atoms. The van der Waals surface area contributed by atoms with Gasteiger partial charge in [0.1, 0.15) is 5.82 Å². The van der Waals surface area contributed by atoms with Gasteiger partial charge in [0.15, 0.2) is 0 Å². The highest BCUT2D eigenvalue weighted by molar-refractivity contribution is 5.93. The van der Waals surface area contributed by atoms with Gasteiger partial charge in [-0.05, 0) is 35.4 Å². The highest BCUT2D eigenvalue weighted by Crippen LogP contribution is 2.27. The van der Waals surface area contributed by atoms with E-state index in [9.17, 15) is 4.79 Å². The van der Waals surface area contributed by atoms with Crippen LogP contribution in [0, 0.1) is 0 Å². The van der Waals surface area contributed by atoms with Gasteiger partial charge in [-0.15, -0.1) is 0 Å². The Morgan fingerprint density at radius 2 is 2.00 bits per heavy atom. The average molecular weight is 280 g/mol. The molecule has 3 aromatic rings. The van der Waals surface area contributed by atoms with E-state index in [0.29, 0.717) is 13.2 Å². The van der Waals surface area contributed by atoms with Gasteiger partial charge in [-0.25, -0.2) is 9.78 Å². The van der Waals surface area contributed by atoms with Crippen molar-refractivity contribution in [3.05, 3.63) is 53.1 Å². The maximum absolute atomic E-state index is 11.0. The number of benzene rings is 2. The molecule has 0 unspecified atom stereocenters. The molecule has 2 N–H and O–H groups in total. The fraction of sp³-hybridized carbons (Fsp3) is 0.125. The van der Waals surface area contributed by atoms with E-state index in [1.807, 2.05) is 12.1 Å². The van der Waals surface area contributed by atoms with Crippen molar-refractivity contribution >= 4 is 17.0 Å². The van der Waals surface area contributed by atoms with Crippen LogP contribution in [-0.4, -0.2) is 21.0 Å². The lowest BCUT2D eigenvalue weighted by Gasteiger charge is -2.00. The van der Waals surface area contributed by atoms with E-state index in [2.05, 4.69) is 16.0 Å². The molecule has 0 radical (unpaired) electrons. The first-order valence-corrected chi connectivity index (χ1v) is 6.64. The van der Waals surface area contributed by atoms with E-state index in [0.717, 1.165) is 22.4 Å². The second-order valence-electron chi connectivity index (χ2n) is 5.10. The van der Waals surface area contributed by atoms with Crippen LogP contribution in [0.1, 0.15) is 21.5 Å². The molecule has 2 heterocycles. The van der Waals surface area contributed by atoms with E-state index in [-0.39, 0.29) is 5.56 Å². The number of aromatic amines is 1. The van der Waals surface area contributed by atoms with Gasteiger partial charge in [-0.3, -0.25) is 0 Å². The van der Waals surface area contributed by atoms with Gasteiger partial charge in [0.05, 0.1) is 29.8 Å². The fourth-order valence-corrected chi connectivity index (χ4v) is 2.60. The SMILES string of the molecule is O=C(O)c1ccc2nc(-c3ccc4c(c3)COC4)[nH]c2c1. The zero-order valence-corrected chi connectivity index (χ0v) is 11.1. The minimum absolute atomic E-state index is 0.250. The quantitative estimate of drug-likeness (QED) is 0.756. The Balaban J connectivity index is 1.81. The third kappa shape index (κ3) is 1.98. The van der Waals surface area contributed by atoms with Crippen molar-refractivity contribution in [1.29, 1.82) is 0 Å². The molecular weight excluding hydrogens is 268 g/mol. The number of aromatic nitrogens is 2. The molecule has 21 heavy (non-hydrogen) atoms. The number of nitrogens with one attached hydrogen (secondary N) is 1. The van der Waals surface area contributed by atoms with Crippen LogP contribution in [0.3, 0.4) is 0 Å². The number of ether oxygens (including phenoxy) is 1. The van der Waals surface area contributed by atoms with Gasteiger partial charge in [-0.1, -0.05) is 12.1 Å². The zero-order valence-electron chi connectivity index (χ0n) is 11.1. The molecule has 1 aromatic heterocycles. The largest absolute Gasteiger partial charge is 0.478 e. The smallest absolute Gasteiger partial charge is 0.335 e. The molecule has 2 aromatic carbocycles. The highest BCUT2D eigenvalue weighted by atomic mass is 16.5. The molecule has 0 saturated heterocycles. The Labute approximate surface area is 120 Å². The van der Waals surface area contributed by atoms with E-state index >= 15 is 0 Å². The van der Waals surface area contributed by atoms with Crippen molar-refractivity contribution in [3.63, 3.8) is 0 Å². The predicted octanol–water partition coefficient (Wildman–Crippen LogP) is 2.96. The molecule has 0 spiro atoms. The lowest BCUT2D eigenvalue weighted by Crippen LogP contribution is -1.94. The van der Waals surface area contributed by atoms with Crippen molar-refractivity contribution in [2.24, 2.45) is 0 Å². The highest BCUT2D eigenvalue weighted by Gasteiger charge is 2.14. The van der Waals surface area contributed by atoms with Gasteiger partial charge in [0.25, 0.3) is 0 Å². The van der Waals surface area contributed by atoms with Crippen LogP contribution in [0.15, 0.2) is 36.4 Å². The molecule has 0 saturated carbocycles. The Hall–Kier alpha value is -2.66. The predicted molar refractivity (Wildman–Crippen MR) is 77.0 cm³/mol. The summed E-state index contributed by atoms with van der Waals surface area (Å²) in [5, 5.41) is 9.03. The first-order chi connectivity index (χ1) is 10.2. The summed E-state index contributed by atoms with van der Waals surface area (Å²) >= 11 is 0. The Kier molecular flexibility index (Phi) is 2.55. The summed E-state index contributed by atoms with van der Waals surface area (Å²) in [5.41, 5.74) is 5.10. The zero-order chi connectivity index (χ0) is 14.4. The molecule has 1 aliphatic heterocycles. The van der Waals surface area contributed by atoms with Crippen LogP contribution in [-0.2, 0) is 18.0 Å². The van der Waals surface area contributed by atoms with E-state index in [1.165, 1.54) is 11.1 Å². The van der Waals surface area contributed by atoms with Gasteiger partial charge in [0, 0.05) is 5.56 Å². The number of fused-ring (bicyclic) bond motifs is 2. The molecule has 0 fully saturated rings. The summed E-state index contributed by atoms with van der Waals surface area (Å²) in [7, 11) is 0. The molecule has 1 aliphatic rings. The summed E-state index contributed by atoms with van der Waals surface area (Å²) < 4.78 is 5.41. The Morgan fingerprint density at radius 1 is 1.14 bits per heavy atom. The minimum atomic E-state index is -0.942. The number of carboxylic acid groups (broad SMARTS) is 1. The number of hydrogen-bond donors (Lipinski definition) is 2. The topological polar surface area (TPSA) is 75.2 Å². The minimum Gasteiger partial charge on any atom is -0.478 e. The molecule has 4 rings (SSSR count). The van der Waals surface area contributed by atoms with E-state index < -0.39 is 5.97 Å². The number of rotatable bonds is 2. The van der Waals surface area contributed by atoms with E-state index in [1.54, 1.807) is 18.2 Å². The first-order valence-electron chi connectivity index (χ1n) is 6.64. The fourth-order valence-electron chi connectivity index (χ4n) is 2.60. The van der Waals surface area contributed by atoms with Crippen LogP contribution < -0.4 is 0 Å². The summed E-state index contributed by atoms with van der Waals surface area (Å²) in [6.45, 7) is 1.30. The van der Waals surface area contributed by atoms with Crippen molar-refractivity contribution in [1.82, 2.24) is 9.97 Å². The lowest BCUT2D eigenvalue weighted by molar-refractivity contribution is 0.0697. The van der Waals surface area contributed by atoms with Gasteiger partial charge >= 0.3 is 5.97 Å². The molecular formula is C16H12N2O3. The number of aromatic carboxylic acids is 1. The summed E-state index contributed by atoms with van der Waals surface area (Å²) in [6.07, 6.45) is 0. The monoisotopic (exact) mass is 280 g/mol. The number of H-pyrrole nitrogens is 1. The summed E-state index contributed by atoms with van der Waals surface area (Å²) in [4.78, 5) is 18.7. The second kappa shape index (κ2) is 4.43. The normalized spacial score (nSPS) is 13.5. The van der Waals surface area contributed by atoms with E-state index in [4.69, 9.17) is 9.84 Å². The van der Waals surface area contributed by atoms with Crippen LogP contribution in [0.5, 0.6) is 0 Å². The standard InChI is InChI=1S/C16H12N2O3/c19-16(20)10-3-4-13-14(6-10)18-15(17-13)9-1-2-11-7-21-8-12(11)5-9/h1-6H,7-8H2,(H,17,18)(H,19,20). The number of carboxylic acids is 1. The van der Waals surface area contributed by atoms with Gasteiger partial charge in [0.2, 0.25) is 0 Å². The molecule has 5 nitrogen and oxygen atoms in total. The number of imidazole rings is 1. The van der Waals surface area contributed by atoms with Crippen LogP contribution in [0.4, 0.5) is 0 Å². The van der Waals surface area contributed by atoms with Crippen molar-refractivity contribution in [2.75, 3.05) is 0 Å². The van der Waals surface area contributed by atoms with Gasteiger partial charge in [-0.2, -0.15) is 0 Å². The van der Waals surface area contributed by atoms with Crippen molar-refractivity contribution in [3.8, 4) is 11.4 Å². The van der Waals surface area contributed by atoms with Crippen LogP contribution in [0.2, 0.25) is 0 Å². The van der Waals surface area contributed by atoms with Gasteiger partial charge < -0.3 is 14.8 Å². The number of hydrogen-bond acceptors (Lipinski definition) is 3. The van der Waals surface area contributed by atoms with Crippen molar-refractivity contribution < 1.29 is 14.6 Å². The maximum Gasteiger partial charge on any atom is 0.335 e. The number of carbonyl (C=O) groups is 1. The molecule has 0 aliphatic carbocycles. The van der Waals surface area contributed by atoms with Crippen molar-refractivity contribution in [2.45, 2.75) is 13.2 Å². The summed E-state index contributed by atoms with van der Waals surface area (Å²) in [6, 6.07) is 11.0. The first kappa shape index (κ1) is 12.1. The lowest BCUT2D eigenvalue weighted by atomic mass is 10.1. The molecule has 104 valence electrons. The Bertz CT molecular complexity index is 867.